The van der Waals surface area contributed by atoms with E-state index in [0.29, 0.717) is 17.7 Å². The second-order valence-electron chi connectivity index (χ2n) is 8.68. The van der Waals surface area contributed by atoms with Gasteiger partial charge in [0.15, 0.2) is 5.78 Å². The van der Waals surface area contributed by atoms with E-state index >= 15 is 0 Å². The van der Waals surface area contributed by atoms with Crippen molar-refractivity contribution in [1.29, 1.82) is 0 Å². The second kappa shape index (κ2) is 6.51. The number of nitrogens with zero attached hydrogens (tertiary/aromatic N) is 3. The van der Waals surface area contributed by atoms with E-state index in [4.69, 9.17) is 0 Å². The molecule has 9 nitrogen and oxygen atoms in total. The Labute approximate surface area is 171 Å². The molecule has 0 saturated heterocycles. The first kappa shape index (κ1) is 19.8. The number of nitro benzene ring substituents is 1. The Morgan fingerprint density at radius 2 is 1.77 bits per heavy atom. The Balaban J connectivity index is 2.13. The molecular weight excluding hydrogens is 388 g/mol. The van der Waals surface area contributed by atoms with Gasteiger partial charge in [-0.3, -0.25) is 28.8 Å². The number of hydrogen-bond donors (Lipinski definition) is 1. The monoisotopic (exact) mass is 410 g/mol. The third kappa shape index (κ3) is 2.80. The molecule has 1 N–H and O–H groups in total. The summed E-state index contributed by atoms with van der Waals surface area (Å²) in [7, 11) is 2.89. The Hall–Kier alpha value is -3.49. The number of allylic oxidation sites excluding steroid dienone is 2. The first-order valence-corrected chi connectivity index (χ1v) is 9.60. The molecule has 1 aliphatic carbocycles. The maximum atomic E-state index is 13.2. The van der Waals surface area contributed by atoms with Gasteiger partial charge in [-0.15, -0.1) is 0 Å². The standard InChI is InChI=1S/C21H22N4O5/c1-21(2)9-12-16(14(26)10-21)15(11-7-5-6-8-13(11)25(29)30)17-18(22-12)23(3)20(28)24(4)19(17)27/h5-8,15,22H,9-10H2,1-4H3. The van der Waals surface area contributed by atoms with Gasteiger partial charge in [-0.05, 0) is 11.8 Å². The summed E-state index contributed by atoms with van der Waals surface area (Å²) in [6.07, 6.45) is 0.792. The van der Waals surface area contributed by atoms with Gasteiger partial charge in [0.25, 0.3) is 11.2 Å². The van der Waals surface area contributed by atoms with Crippen molar-refractivity contribution in [2.45, 2.75) is 32.6 Å². The lowest BCUT2D eigenvalue weighted by Crippen LogP contribution is -2.45. The molecule has 1 aromatic heterocycles. The molecule has 0 bridgehead atoms. The molecule has 1 aliphatic heterocycles. The summed E-state index contributed by atoms with van der Waals surface area (Å²) in [5.41, 5.74) is -0.169. The minimum atomic E-state index is -0.924. The summed E-state index contributed by atoms with van der Waals surface area (Å²) in [5.74, 6) is -0.805. The molecule has 0 fully saturated rings. The van der Waals surface area contributed by atoms with Crippen molar-refractivity contribution >= 4 is 17.3 Å². The molecule has 30 heavy (non-hydrogen) atoms. The molecule has 4 rings (SSSR count). The Kier molecular flexibility index (Phi) is 4.30. The van der Waals surface area contributed by atoms with E-state index in [9.17, 15) is 24.5 Å². The SMILES string of the molecule is Cn1c2c(c(=O)n(C)c1=O)C(c1ccccc1[N+](=O)[O-])C1=C(CC(C)(C)CC1=O)N2. The van der Waals surface area contributed by atoms with Crippen LogP contribution in [0.5, 0.6) is 0 Å². The number of rotatable bonds is 2. The minimum Gasteiger partial charge on any atom is -0.344 e. The normalized spacial score (nSPS) is 19.7. The van der Waals surface area contributed by atoms with Crippen LogP contribution >= 0.6 is 0 Å². The summed E-state index contributed by atoms with van der Waals surface area (Å²) in [6.45, 7) is 3.93. The highest BCUT2D eigenvalue weighted by Crippen LogP contribution is 2.49. The Morgan fingerprint density at radius 3 is 2.43 bits per heavy atom. The van der Waals surface area contributed by atoms with E-state index < -0.39 is 22.1 Å². The van der Waals surface area contributed by atoms with Crippen LogP contribution in [0.2, 0.25) is 0 Å². The lowest BCUT2D eigenvalue weighted by Gasteiger charge is -2.39. The molecule has 1 aromatic carbocycles. The van der Waals surface area contributed by atoms with Crippen molar-refractivity contribution in [2.24, 2.45) is 19.5 Å². The smallest absolute Gasteiger partial charge is 0.332 e. The molecule has 156 valence electrons. The number of fused-ring (bicyclic) bond motifs is 1. The summed E-state index contributed by atoms with van der Waals surface area (Å²) in [5, 5.41) is 14.9. The zero-order valence-corrected chi connectivity index (χ0v) is 17.2. The summed E-state index contributed by atoms with van der Waals surface area (Å²) in [6, 6.07) is 6.12. The molecule has 2 aliphatic rings. The number of anilines is 1. The number of carbonyl (C=O) groups is 1. The van der Waals surface area contributed by atoms with Gasteiger partial charge in [0.2, 0.25) is 0 Å². The van der Waals surface area contributed by atoms with Crippen LogP contribution in [-0.2, 0) is 18.9 Å². The topological polar surface area (TPSA) is 116 Å². The highest BCUT2D eigenvalue weighted by molar-refractivity contribution is 6.01. The van der Waals surface area contributed by atoms with E-state index in [0.717, 1.165) is 4.57 Å². The zero-order chi connectivity index (χ0) is 22.0. The number of Topliss-reactive ketones (excluding diaryl/α,β-unsaturated/α-hetero) is 1. The van der Waals surface area contributed by atoms with Gasteiger partial charge in [0.05, 0.1) is 16.4 Å². The van der Waals surface area contributed by atoms with Gasteiger partial charge < -0.3 is 5.32 Å². The fourth-order valence-electron chi connectivity index (χ4n) is 4.56. The van der Waals surface area contributed by atoms with E-state index in [1.165, 1.54) is 24.7 Å². The third-order valence-corrected chi connectivity index (χ3v) is 5.91. The fraction of sp³-hybridized carbons (Fsp3) is 0.381. The highest BCUT2D eigenvalue weighted by atomic mass is 16.6. The molecule has 0 amide bonds. The largest absolute Gasteiger partial charge is 0.344 e. The molecular formula is C21H22N4O5. The minimum absolute atomic E-state index is 0.154. The van der Waals surface area contributed by atoms with Crippen molar-refractivity contribution in [1.82, 2.24) is 9.13 Å². The van der Waals surface area contributed by atoms with Crippen molar-refractivity contribution in [3.05, 3.63) is 77.6 Å². The third-order valence-electron chi connectivity index (χ3n) is 5.91. The van der Waals surface area contributed by atoms with Crippen molar-refractivity contribution in [3.63, 3.8) is 0 Å². The van der Waals surface area contributed by atoms with Crippen molar-refractivity contribution in [3.8, 4) is 0 Å². The number of hydrogen-bond acceptors (Lipinski definition) is 6. The van der Waals surface area contributed by atoms with Gasteiger partial charge in [-0.1, -0.05) is 32.0 Å². The number of nitro groups is 1. The predicted molar refractivity (Wildman–Crippen MR) is 111 cm³/mol. The average Bonchev–Trinajstić information content (AvgIpc) is 2.68. The van der Waals surface area contributed by atoms with Crippen LogP contribution in [0.4, 0.5) is 11.5 Å². The fourth-order valence-corrected chi connectivity index (χ4v) is 4.56. The molecule has 0 spiro atoms. The highest BCUT2D eigenvalue weighted by Gasteiger charge is 2.44. The van der Waals surface area contributed by atoms with E-state index in [1.807, 2.05) is 13.8 Å². The van der Waals surface area contributed by atoms with Crippen LogP contribution in [0.3, 0.4) is 0 Å². The van der Waals surface area contributed by atoms with Crippen LogP contribution in [-0.4, -0.2) is 19.8 Å². The maximum Gasteiger partial charge on any atom is 0.332 e. The van der Waals surface area contributed by atoms with Crippen molar-refractivity contribution in [2.75, 3.05) is 5.32 Å². The van der Waals surface area contributed by atoms with E-state index in [2.05, 4.69) is 5.32 Å². The molecule has 9 heteroatoms. The molecule has 0 saturated carbocycles. The van der Waals surface area contributed by atoms with Gasteiger partial charge >= 0.3 is 5.69 Å². The average molecular weight is 410 g/mol. The van der Waals surface area contributed by atoms with Crippen LogP contribution in [0.25, 0.3) is 0 Å². The number of nitrogens with one attached hydrogen (secondary N) is 1. The van der Waals surface area contributed by atoms with E-state index in [1.54, 1.807) is 18.2 Å². The summed E-state index contributed by atoms with van der Waals surface area (Å²) in [4.78, 5) is 50.1. The van der Waals surface area contributed by atoms with Crippen molar-refractivity contribution < 1.29 is 9.72 Å². The molecule has 1 atom stereocenters. The number of benzene rings is 1. The van der Waals surface area contributed by atoms with Crippen LogP contribution < -0.4 is 16.6 Å². The quantitative estimate of drug-likeness (QED) is 0.599. The Bertz CT molecular complexity index is 1270. The molecule has 2 heterocycles. The molecule has 2 aromatic rings. The number of aromatic nitrogens is 2. The van der Waals surface area contributed by atoms with Crippen LogP contribution in [0.1, 0.15) is 43.7 Å². The second-order valence-corrected chi connectivity index (χ2v) is 8.68. The van der Waals surface area contributed by atoms with Gasteiger partial charge in [0, 0.05) is 43.4 Å². The number of para-hydroxylation sites is 1. The Morgan fingerprint density at radius 1 is 1.10 bits per heavy atom. The maximum absolute atomic E-state index is 13.2. The molecule has 1 unspecified atom stereocenters. The van der Waals surface area contributed by atoms with E-state index in [-0.39, 0.29) is 40.3 Å². The number of ketones is 1. The lowest BCUT2D eigenvalue weighted by atomic mass is 9.69. The molecule has 0 radical (unpaired) electrons. The van der Waals surface area contributed by atoms with Crippen LogP contribution in [0, 0.1) is 15.5 Å². The summed E-state index contributed by atoms with van der Waals surface area (Å²) >= 11 is 0. The van der Waals surface area contributed by atoms with Gasteiger partial charge in [-0.25, -0.2) is 4.79 Å². The first-order chi connectivity index (χ1) is 14.0. The summed E-state index contributed by atoms with van der Waals surface area (Å²) < 4.78 is 2.28. The number of carbonyl (C=O) groups excluding carboxylic acids is 1. The zero-order valence-electron chi connectivity index (χ0n) is 17.2. The predicted octanol–water partition coefficient (Wildman–Crippen LogP) is 2.19. The lowest BCUT2D eigenvalue weighted by molar-refractivity contribution is -0.385. The van der Waals surface area contributed by atoms with Gasteiger partial charge in [0.1, 0.15) is 5.82 Å². The van der Waals surface area contributed by atoms with Crippen LogP contribution in [0.15, 0.2) is 45.1 Å². The van der Waals surface area contributed by atoms with Gasteiger partial charge in [-0.2, -0.15) is 0 Å². The first-order valence-electron chi connectivity index (χ1n) is 9.60.